The minimum absolute atomic E-state index is 0.142. The number of benzene rings is 2. The Hall–Kier alpha value is -2.38. The summed E-state index contributed by atoms with van der Waals surface area (Å²) in [4.78, 5) is 12.7. The third-order valence-corrected chi connectivity index (χ3v) is 5.39. The molecule has 3 rings (SSSR count). The minimum Gasteiger partial charge on any atom is -0.360 e. The second kappa shape index (κ2) is 5.92. The molecule has 0 spiro atoms. The number of nitrogens with one attached hydrogen (secondary N) is 3. The van der Waals surface area contributed by atoms with E-state index in [4.69, 9.17) is 0 Å². The van der Waals surface area contributed by atoms with E-state index in [1.165, 1.54) is 6.07 Å². The average Bonchev–Trinajstić information content (AvgIpc) is 2.49. The maximum atomic E-state index is 12.5. The molecule has 0 radical (unpaired) electrons. The number of carbonyl (C=O) groups is 1. The molecule has 0 saturated carbocycles. The number of fused-ring (bicyclic) bond motifs is 1. The first-order valence-corrected chi connectivity index (χ1v) is 9.02. The van der Waals surface area contributed by atoms with Crippen LogP contribution in [0.15, 0.2) is 41.3 Å². The van der Waals surface area contributed by atoms with E-state index >= 15 is 0 Å². The van der Waals surface area contributed by atoms with Crippen LogP contribution >= 0.6 is 0 Å². The number of hydrogen-bond donors (Lipinski definition) is 3. The smallest absolute Gasteiger partial charge is 0.262 e. The van der Waals surface area contributed by atoms with Crippen molar-refractivity contribution in [3.63, 3.8) is 0 Å². The molecule has 1 aliphatic rings. The topological polar surface area (TPSA) is 87.3 Å². The van der Waals surface area contributed by atoms with Gasteiger partial charge in [0.2, 0.25) is 10.0 Å². The van der Waals surface area contributed by atoms with Crippen LogP contribution in [-0.2, 0) is 14.8 Å². The third-order valence-electron chi connectivity index (χ3n) is 3.91. The summed E-state index contributed by atoms with van der Waals surface area (Å²) >= 11 is 0. The Morgan fingerprint density at radius 3 is 2.46 bits per heavy atom. The van der Waals surface area contributed by atoms with Gasteiger partial charge in [0.25, 0.3) is 5.91 Å². The van der Waals surface area contributed by atoms with Crippen molar-refractivity contribution in [2.75, 3.05) is 10.6 Å². The summed E-state index contributed by atoms with van der Waals surface area (Å²) in [7, 11) is -3.74. The molecule has 6 nitrogen and oxygen atoms in total. The van der Waals surface area contributed by atoms with Crippen LogP contribution in [0.25, 0.3) is 0 Å². The van der Waals surface area contributed by atoms with Crippen LogP contribution in [0.2, 0.25) is 0 Å². The van der Waals surface area contributed by atoms with E-state index in [2.05, 4.69) is 15.4 Å². The molecule has 0 aliphatic carbocycles. The number of hydrogen-bond acceptors (Lipinski definition) is 4. The zero-order valence-electron chi connectivity index (χ0n) is 13.7. The summed E-state index contributed by atoms with van der Waals surface area (Å²) in [6.07, 6.45) is -1.07. The van der Waals surface area contributed by atoms with Gasteiger partial charge in [0.15, 0.2) is 6.17 Å². The molecule has 0 fully saturated rings. The Balaban J connectivity index is 1.88. The van der Waals surface area contributed by atoms with Crippen molar-refractivity contribution in [3.8, 4) is 0 Å². The number of sulfonamides is 1. The van der Waals surface area contributed by atoms with E-state index in [0.29, 0.717) is 11.4 Å². The van der Waals surface area contributed by atoms with Crippen LogP contribution in [-0.4, -0.2) is 20.5 Å². The fourth-order valence-electron chi connectivity index (χ4n) is 2.59. The van der Waals surface area contributed by atoms with E-state index < -0.39 is 22.1 Å². The van der Waals surface area contributed by atoms with E-state index in [0.717, 1.165) is 16.7 Å². The highest BCUT2D eigenvalue weighted by molar-refractivity contribution is 7.89. The van der Waals surface area contributed by atoms with Crippen molar-refractivity contribution in [2.45, 2.75) is 31.8 Å². The molecule has 0 bridgehead atoms. The molecule has 2 aromatic carbocycles. The standard InChI is InChI=1S/C17H19N3O3S/c1-10-4-6-12(3)13(8-10)19-17(21)16-18-14-9-11(2)5-7-15(14)24(22,23)20-16/h4-9,16,18,20H,1-3H3,(H,19,21)/t16-/m1/s1. The maximum Gasteiger partial charge on any atom is 0.262 e. The summed E-state index contributed by atoms with van der Waals surface area (Å²) in [5.41, 5.74) is 3.91. The predicted molar refractivity (Wildman–Crippen MR) is 93.5 cm³/mol. The predicted octanol–water partition coefficient (Wildman–Crippen LogP) is 2.28. The number of amides is 1. The lowest BCUT2D eigenvalue weighted by molar-refractivity contribution is -0.117. The van der Waals surface area contributed by atoms with Gasteiger partial charge in [0.1, 0.15) is 4.90 Å². The van der Waals surface area contributed by atoms with Gasteiger partial charge < -0.3 is 10.6 Å². The van der Waals surface area contributed by atoms with E-state index in [1.54, 1.807) is 12.1 Å². The highest BCUT2D eigenvalue weighted by Gasteiger charge is 2.33. The Morgan fingerprint density at radius 2 is 1.71 bits per heavy atom. The molecule has 2 aromatic rings. The Bertz CT molecular complexity index is 923. The van der Waals surface area contributed by atoms with Crippen molar-refractivity contribution < 1.29 is 13.2 Å². The molecule has 24 heavy (non-hydrogen) atoms. The second-order valence-corrected chi connectivity index (χ2v) is 7.69. The van der Waals surface area contributed by atoms with Crippen molar-refractivity contribution >= 4 is 27.3 Å². The first-order chi connectivity index (χ1) is 11.3. The van der Waals surface area contributed by atoms with Gasteiger partial charge in [0.05, 0.1) is 5.69 Å². The van der Waals surface area contributed by atoms with Gasteiger partial charge in [-0.3, -0.25) is 4.79 Å². The van der Waals surface area contributed by atoms with Crippen LogP contribution in [0.1, 0.15) is 16.7 Å². The summed E-state index contributed by atoms with van der Waals surface area (Å²) in [6.45, 7) is 5.67. The largest absolute Gasteiger partial charge is 0.360 e. The van der Waals surface area contributed by atoms with Gasteiger partial charge in [-0.05, 0) is 55.7 Å². The molecule has 3 N–H and O–H groups in total. The van der Waals surface area contributed by atoms with E-state index in [9.17, 15) is 13.2 Å². The number of carbonyl (C=O) groups excluding carboxylic acids is 1. The summed E-state index contributed by atoms with van der Waals surface area (Å²) in [5.74, 6) is -0.459. The summed E-state index contributed by atoms with van der Waals surface area (Å²) in [6, 6.07) is 10.7. The fourth-order valence-corrected chi connectivity index (χ4v) is 3.85. The minimum atomic E-state index is -3.74. The van der Waals surface area contributed by atoms with Gasteiger partial charge >= 0.3 is 0 Å². The van der Waals surface area contributed by atoms with Gasteiger partial charge in [-0.1, -0.05) is 18.2 Å². The number of anilines is 2. The molecule has 0 aromatic heterocycles. The molecule has 126 valence electrons. The number of aryl methyl sites for hydroxylation is 3. The maximum absolute atomic E-state index is 12.5. The molecule has 1 amide bonds. The summed E-state index contributed by atoms with van der Waals surface area (Å²) in [5, 5.41) is 5.72. The molecule has 0 saturated heterocycles. The van der Waals surface area contributed by atoms with Crippen molar-refractivity contribution in [1.82, 2.24) is 4.72 Å². The van der Waals surface area contributed by atoms with Crippen LogP contribution in [0.4, 0.5) is 11.4 Å². The highest BCUT2D eigenvalue weighted by Crippen LogP contribution is 2.27. The van der Waals surface area contributed by atoms with Gasteiger partial charge in [-0.15, -0.1) is 0 Å². The lowest BCUT2D eigenvalue weighted by Crippen LogP contribution is -2.51. The van der Waals surface area contributed by atoms with Crippen LogP contribution in [0.3, 0.4) is 0 Å². The molecular weight excluding hydrogens is 326 g/mol. The van der Waals surface area contributed by atoms with Gasteiger partial charge in [-0.25, -0.2) is 8.42 Å². The number of rotatable bonds is 2. The Morgan fingerprint density at radius 1 is 1.04 bits per heavy atom. The zero-order chi connectivity index (χ0) is 17.5. The van der Waals surface area contributed by atoms with Crippen LogP contribution < -0.4 is 15.4 Å². The second-order valence-electron chi connectivity index (χ2n) is 6.01. The lowest BCUT2D eigenvalue weighted by Gasteiger charge is -2.27. The Kier molecular flexibility index (Phi) is 4.06. The van der Waals surface area contributed by atoms with Crippen molar-refractivity contribution in [2.24, 2.45) is 0 Å². The third kappa shape index (κ3) is 3.13. The molecule has 0 unspecified atom stereocenters. The molecular formula is C17H19N3O3S. The van der Waals surface area contributed by atoms with Crippen molar-refractivity contribution in [3.05, 3.63) is 53.1 Å². The quantitative estimate of drug-likeness (QED) is 0.779. The molecule has 7 heteroatoms. The normalized spacial score (nSPS) is 18.4. The van der Waals surface area contributed by atoms with E-state index in [-0.39, 0.29) is 4.90 Å². The zero-order valence-corrected chi connectivity index (χ0v) is 14.5. The molecule has 1 aliphatic heterocycles. The highest BCUT2D eigenvalue weighted by atomic mass is 32.2. The Labute approximate surface area is 141 Å². The monoisotopic (exact) mass is 345 g/mol. The first-order valence-electron chi connectivity index (χ1n) is 7.54. The summed E-state index contributed by atoms with van der Waals surface area (Å²) < 4.78 is 27.1. The molecule has 1 atom stereocenters. The van der Waals surface area contributed by atoms with Crippen molar-refractivity contribution in [1.29, 1.82) is 0 Å². The van der Waals surface area contributed by atoms with E-state index in [1.807, 2.05) is 39.0 Å². The van der Waals surface area contributed by atoms with Gasteiger partial charge in [0, 0.05) is 5.69 Å². The van der Waals surface area contributed by atoms with Gasteiger partial charge in [-0.2, -0.15) is 4.72 Å². The fraction of sp³-hybridized carbons (Fsp3) is 0.235. The van der Waals surface area contributed by atoms with Crippen LogP contribution in [0, 0.1) is 20.8 Å². The SMILES string of the molecule is Cc1ccc(C)c(NC(=O)[C@@H]2Nc3cc(C)ccc3S(=O)(=O)N2)c1. The lowest BCUT2D eigenvalue weighted by atomic mass is 10.1. The van der Waals surface area contributed by atoms with Crippen LogP contribution in [0.5, 0.6) is 0 Å². The first kappa shape index (κ1) is 16.5. The molecule has 1 heterocycles. The average molecular weight is 345 g/mol.